The zero-order valence-electron chi connectivity index (χ0n) is 8.17. The summed E-state index contributed by atoms with van der Waals surface area (Å²) < 4.78 is 0. The standard InChI is InChI=1S/C11H18O/c1-7-4-5-8-9(6-10(7)12)11(8,2)3/h6-9,12H,4-5H2,1-3H3/t7-,8-,9+/m1/s1. The second kappa shape index (κ2) is 2.27. The maximum atomic E-state index is 9.65. The van der Waals surface area contributed by atoms with Crippen LogP contribution in [0.1, 0.15) is 33.6 Å². The molecular formula is C11H18O. The van der Waals surface area contributed by atoms with Crippen LogP contribution in [0, 0.1) is 23.2 Å². The van der Waals surface area contributed by atoms with Crippen LogP contribution in [0.25, 0.3) is 0 Å². The van der Waals surface area contributed by atoms with Crippen molar-refractivity contribution in [2.75, 3.05) is 0 Å². The number of allylic oxidation sites excluding steroid dienone is 2. The molecule has 1 N–H and O–H groups in total. The molecule has 0 aromatic heterocycles. The Hall–Kier alpha value is -0.460. The molecule has 0 amide bonds. The fraction of sp³-hybridized carbons (Fsp3) is 0.818. The Kier molecular flexibility index (Phi) is 1.54. The fourth-order valence-electron chi connectivity index (χ4n) is 2.59. The Morgan fingerprint density at radius 3 is 2.75 bits per heavy atom. The Morgan fingerprint density at radius 1 is 1.42 bits per heavy atom. The van der Waals surface area contributed by atoms with Crippen molar-refractivity contribution >= 4 is 0 Å². The van der Waals surface area contributed by atoms with Crippen molar-refractivity contribution in [2.45, 2.75) is 33.6 Å². The summed E-state index contributed by atoms with van der Waals surface area (Å²) in [5.74, 6) is 2.52. The smallest absolute Gasteiger partial charge is 0.0914 e. The highest BCUT2D eigenvalue weighted by Gasteiger charge is 2.56. The van der Waals surface area contributed by atoms with Crippen molar-refractivity contribution in [3.8, 4) is 0 Å². The quantitative estimate of drug-likeness (QED) is 0.586. The highest BCUT2D eigenvalue weighted by atomic mass is 16.3. The van der Waals surface area contributed by atoms with E-state index in [1.54, 1.807) is 0 Å². The summed E-state index contributed by atoms with van der Waals surface area (Å²) in [5, 5.41) is 9.65. The van der Waals surface area contributed by atoms with Gasteiger partial charge >= 0.3 is 0 Å². The van der Waals surface area contributed by atoms with Crippen LogP contribution in [-0.2, 0) is 0 Å². The van der Waals surface area contributed by atoms with E-state index in [9.17, 15) is 5.11 Å². The van der Waals surface area contributed by atoms with E-state index in [2.05, 4.69) is 26.8 Å². The minimum atomic E-state index is 0.397. The van der Waals surface area contributed by atoms with Crippen LogP contribution in [0.15, 0.2) is 11.8 Å². The number of rotatable bonds is 0. The molecule has 0 radical (unpaired) electrons. The topological polar surface area (TPSA) is 20.2 Å². The van der Waals surface area contributed by atoms with Crippen LogP contribution >= 0.6 is 0 Å². The molecule has 2 aliphatic rings. The monoisotopic (exact) mass is 166 g/mol. The molecule has 2 rings (SSSR count). The van der Waals surface area contributed by atoms with E-state index in [0.717, 1.165) is 12.3 Å². The van der Waals surface area contributed by atoms with Crippen molar-refractivity contribution < 1.29 is 5.11 Å². The van der Waals surface area contributed by atoms with Gasteiger partial charge in [-0.05, 0) is 36.2 Å². The van der Waals surface area contributed by atoms with Crippen molar-refractivity contribution in [1.82, 2.24) is 0 Å². The highest BCUT2D eigenvalue weighted by Crippen LogP contribution is 2.62. The number of aliphatic hydroxyl groups is 1. The number of hydrogen-bond acceptors (Lipinski definition) is 1. The zero-order chi connectivity index (χ0) is 8.93. The second-order valence-electron chi connectivity index (χ2n) is 5.02. The lowest BCUT2D eigenvalue weighted by atomic mass is 9.97. The Balaban J connectivity index is 2.19. The van der Waals surface area contributed by atoms with Crippen LogP contribution in [0.3, 0.4) is 0 Å². The summed E-state index contributed by atoms with van der Waals surface area (Å²) >= 11 is 0. The molecule has 0 unspecified atom stereocenters. The third-order valence-corrected chi connectivity index (χ3v) is 3.91. The molecule has 2 aliphatic carbocycles. The van der Waals surface area contributed by atoms with Gasteiger partial charge in [0.05, 0.1) is 5.76 Å². The molecule has 0 bridgehead atoms. The first-order chi connectivity index (χ1) is 5.53. The summed E-state index contributed by atoms with van der Waals surface area (Å²) in [7, 11) is 0. The van der Waals surface area contributed by atoms with E-state index in [0.29, 0.717) is 23.0 Å². The molecule has 0 aliphatic heterocycles. The molecule has 1 nitrogen and oxygen atoms in total. The third-order valence-electron chi connectivity index (χ3n) is 3.91. The van der Waals surface area contributed by atoms with E-state index in [-0.39, 0.29) is 0 Å². The van der Waals surface area contributed by atoms with Gasteiger partial charge in [-0.15, -0.1) is 0 Å². The third kappa shape index (κ3) is 0.988. The molecule has 12 heavy (non-hydrogen) atoms. The van der Waals surface area contributed by atoms with Gasteiger partial charge in [-0.2, -0.15) is 0 Å². The largest absolute Gasteiger partial charge is 0.512 e. The first kappa shape index (κ1) is 8.15. The number of fused-ring (bicyclic) bond motifs is 1. The lowest BCUT2D eigenvalue weighted by Crippen LogP contribution is -2.01. The molecule has 0 spiro atoms. The number of aliphatic hydroxyl groups excluding tert-OH is 1. The SMILES string of the molecule is C[C@@H]1CC[C@@H]2[C@H](C=C1O)C2(C)C. The van der Waals surface area contributed by atoms with Crippen molar-refractivity contribution in [3.63, 3.8) is 0 Å². The summed E-state index contributed by atoms with van der Waals surface area (Å²) in [5.41, 5.74) is 0.466. The predicted octanol–water partition coefficient (Wildman–Crippen LogP) is 3.13. The van der Waals surface area contributed by atoms with Gasteiger partial charge in [0.2, 0.25) is 0 Å². The zero-order valence-corrected chi connectivity index (χ0v) is 8.17. The molecular weight excluding hydrogens is 148 g/mol. The molecule has 1 saturated carbocycles. The van der Waals surface area contributed by atoms with E-state index in [1.807, 2.05) is 0 Å². The fourth-order valence-corrected chi connectivity index (χ4v) is 2.59. The Labute approximate surface area is 74.5 Å². The molecule has 3 atom stereocenters. The number of hydrogen-bond donors (Lipinski definition) is 1. The van der Waals surface area contributed by atoms with Gasteiger partial charge in [-0.25, -0.2) is 0 Å². The van der Waals surface area contributed by atoms with Crippen LogP contribution in [0.2, 0.25) is 0 Å². The highest BCUT2D eigenvalue weighted by molar-refractivity contribution is 5.19. The van der Waals surface area contributed by atoms with Gasteiger partial charge in [0.25, 0.3) is 0 Å². The maximum absolute atomic E-state index is 9.65. The van der Waals surface area contributed by atoms with Crippen LogP contribution in [0.5, 0.6) is 0 Å². The second-order valence-corrected chi connectivity index (χ2v) is 5.02. The lowest BCUT2D eigenvalue weighted by Gasteiger charge is -2.11. The first-order valence-electron chi connectivity index (χ1n) is 4.94. The normalized spacial score (nSPS) is 44.2. The van der Waals surface area contributed by atoms with E-state index in [1.165, 1.54) is 6.42 Å². The van der Waals surface area contributed by atoms with E-state index >= 15 is 0 Å². The summed E-state index contributed by atoms with van der Waals surface area (Å²) in [6.07, 6.45) is 4.55. The molecule has 0 saturated heterocycles. The molecule has 0 heterocycles. The van der Waals surface area contributed by atoms with Gasteiger partial charge in [0.1, 0.15) is 0 Å². The maximum Gasteiger partial charge on any atom is 0.0914 e. The molecule has 0 aromatic carbocycles. The summed E-state index contributed by atoms with van der Waals surface area (Å²) in [4.78, 5) is 0. The van der Waals surface area contributed by atoms with Crippen LogP contribution < -0.4 is 0 Å². The summed E-state index contributed by atoms with van der Waals surface area (Å²) in [6, 6.07) is 0. The lowest BCUT2D eigenvalue weighted by molar-refractivity contribution is 0.320. The van der Waals surface area contributed by atoms with Crippen LogP contribution in [-0.4, -0.2) is 5.11 Å². The molecule has 68 valence electrons. The van der Waals surface area contributed by atoms with Gasteiger partial charge in [-0.1, -0.05) is 20.8 Å². The van der Waals surface area contributed by atoms with Gasteiger partial charge in [0, 0.05) is 5.92 Å². The van der Waals surface area contributed by atoms with Gasteiger partial charge in [0.15, 0.2) is 0 Å². The average molecular weight is 166 g/mol. The van der Waals surface area contributed by atoms with Gasteiger partial charge in [-0.3, -0.25) is 0 Å². The van der Waals surface area contributed by atoms with Crippen LogP contribution in [0.4, 0.5) is 0 Å². The first-order valence-corrected chi connectivity index (χ1v) is 4.94. The Bertz CT molecular complexity index is 227. The van der Waals surface area contributed by atoms with Crippen molar-refractivity contribution in [3.05, 3.63) is 11.8 Å². The molecule has 1 fully saturated rings. The minimum absolute atomic E-state index is 0.397. The minimum Gasteiger partial charge on any atom is -0.512 e. The van der Waals surface area contributed by atoms with E-state index < -0.39 is 0 Å². The summed E-state index contributed by atoms with van der Waals surface area (Å²) in [6.45, 7) is 6.73. The predicted molar refractivity (Wildman–Crippen MR) is 49.9 cm³/mol. The molecule has 0 aromatic rings. The average Bonchev–Trinajstić information content (AvgIpc) is 2.53. The Morgan fingerprint density at radius 2 is 2.08 bits per heavy atom. The molecule has 1 heteroatoms. The van der Waals surface area contributed by atoms with Gasteiger partial charge < -0.3 is 5.11 Å². The van der Waals surface area contributed by atoms with Crippen molar-refractivity contribution in [1.29, 1.82) is 0 Å². The van der Waals surface area contributed by atoms with E-state index in [4.69, 9.17) is 0 Å². The van der Waals surface area contributed by atoms with Crippen molar-refractivity contribution in [2.24, 2.45) is 23.2 Å².